The van der Waals surface area contributed by atoms with Crippen LogP contribution in [-0.4, -0.2) is 30.5 Å². The van der Waals surface area contributed by atoms with Gasteiger partial charge >= 0.3 is 0 Å². The van der Waals surface area contributed by atoms with Gasteiger partial charge in [0.25, 0.3) is 5.91 Å². The van der Waals surface area contributed by atoms with Gasteiger partial charge in [0.2, 0.25) is 0 Å². The van der Waals surface area contributed by atoms with E-state index in [9.17, 15) is 4.79 Å². The number of nitrogens with one attached hydrogen (secondary N) is 1. The lowest BCUT2D eigenvalue weighted by Crippen LogP contribution is -2.20. The van der Waals surface area contributed by atoms with Gasteiger partial charge in [0.1, 0.15) is 5.75 Å². The number of benzene rings is 2. The van der Waals surface area contributed by atoms with E-state index in [1.165, 1.54) is 12.8 Å². The maximum Gasteiger partial charge on any atom is 0.259 e. The number of carbonyl (C=O) groups excluding carboxylic acids is 1. The van der Waals surface area contributed by atoms with Gasteiger partial charge in [-0.25, -0.2) is 0 Å². The maximum absolute atomic E-state index is 12.8. The summed E-state index contributed by atoms with van der Waals surface area (Å²) >= 11 is 0. The number of anilines is 1. The summed E-state index contributed by atoms with van der Waals surface area (Å²) in [6, 6.07) is 15.5. The third-order valence-corrected chi connectivity index (χ3v) is 4.45. The number of likely N-dealkylation sites (tertiary alicyclic amines) is 1. The van der Waals surface area contributed by atoms with E-state index < -0.39 is 0 Å². The van der Waals surface area contributed by atoms with Crippen molar-refractivity contribution in [2.75, 3.05) is 25.0 Å². The second-order valence-electron chi connectivity index (χ2n) is 6.44. The van der Waals surface area contributed by atoms with Gasteiger partial charge in [-0.3, -0.25) is 9.69 Å². The Labute approximate surface area is 149 Å². The zero-order valence-corrected chi connectivity index (χ0v) is 14.8. The molecule has 0 bridgehead atoms. The summed E-state index contributed by atoms with van der Waals surface area (Å²) in [5.74, 6) is 0.513. The highest BCUT2D eigenvalue weighted by molar-refractivity contribution is 6.06. The third-order valence-electron chi connectivity index (χ3n) is 4.45. The quantitative estimate of drug-likeness (QED) is 0.817. The lowest BCUT2D eigenvalue weighted by molar-refractivity contribution is 0.102. The molecule has 0 atom stereocenters. The van der Waals surface area contributed by atoms with E-state index in [1.54, 1.807) is 0 Å². The highest BCUT2D eigenvalue weighted by Crippen LogP contribution is 2.23. The van der Waals surface area contributed by atoms with Crippen LogP contribution in [0.4, 0.5) is 5.69 Å². The summed E-state index contributed by atoms with van der Waals surface area (Å²) in [7, 11) is 0. The normalized spacial score (nSPS) is 14.4. The Morgan fingerprint density at radius 1 is 1.08 bits per heavy atom. The fourth-order valence-corrected chi connectivity index (χ4v) is 3.14. The predicted molar refractivity (Wildman–Crippen MR) is 101 cm³/mol. The number of ether oxygens (including phenoxy) is 1. The predicted octanol–water partition coefficient (Wildman–Crippen LogP) is 4.32. The average Bonchev–Trinajstić information content (AvgIpc) is 3.15. The number of amides is 1. The van der Waals surface area contributed by atoms with Gasteiger partial charge in [-0.2, -0.15) is 0 Å². The molecule has 1 N–H and O–H groups in total. The van der Waals surface area contributed by atoms with Crippen LogP contribution in [0.1, 0.15) is 42.1 Å². The Morgan fingerprint density at radius 3 is 2.60 bits per heavy atom. The SMILES string of the molecule is CCCOc1ccccc1C(=O)Nc1ccccc1CN1CCCC1. The molecule has 1 saturated heterocycles. The lowest BCUT2D eigenvalue weighted by Gasteiger charge is -2.18. The molecule has 1 aliphatic heterocycles. The summed E-state index contributed by atoms with van der Waals surface area (Å²) in [5.41, 5.74) is 2.61. The molecule has 0 aliphatic carbocycles. The van der Waals surface area contributed by atoms with E-state index in [4.69, 9.17) is 4.74 Å². The molecule has 0 spiro atoms. The zero-order chi connectivity index (χ0) is 17.5. The molecule has 1 amide bonds. The van der Waals surface area contributed by atoms with Crippen molar-refractivity contribution >= 4 is 11.6 Å². The van der Waals surface area contributed by atoms with Crippen molar-refractivity contribution in [2.45, 2.75) is 32.7 Å². The van der Waals surface area contributed by atoms with Gasteiger partial charge < -0.3 is 10.1 Å². The molecule has 132 valence electrons. The van der Waals surface area contributed by atoms with E-state index in [-0.39, 0.29) is 5.91 Å². The Kier molecular flexibility index (Phi) is 6.07. The Bertz CT molecular complexity index is 709. The average molecular weight is 338 g/mol. The summed E-state index contributed by atoms with van der Waals surface area (Å²) in [6.07, 6.45) is 3.43. The minimum Gasteiger partial charge on any atom is -0.493 e. The Hall–Kier alpha value is -2.33. The van der Waals surface area contributed by atoms with Gasteiger partial charge in [-0.15, -0.1) is 0 Å². The molecule has 0 radical (unpaired) electrons. The topological polar surface area (TPSA) is 41.6 Å². The minimum atomic E-state index is -0.124. The van der Waals surface area contributed by atoms with Gasteiger partial charge in [0.05, 0.1) is 12.2 Å². The lowest BCUT2D eigenvalue weighted by atomic mass is 10.1. The molecular weight excluding hydrogens is 312 g/mol. The number of hydrogen-bond acceptors (Lipinski definition) is 3. The standard InChI is InChI=1S/C21H26N2O2/c1-2-15-25-20-12-6-4-10-18(20)21(24)22-19-11-5-3-9-17(19)16-23-13-7-8-14-23/h3-6,9-12H,2,7-8,13-16H2,1H3,(H,22,24). The van der Waals surface area contributed by atoms with Crippen molar-refractivity contribution in [3.8, 4) is 5.75 Å². The summed E-state index contributed by atoms with van der Waals surface area (Å²) in [5, 5.41) is 3.07. The fraction of sp³-hybridized carbons (Fsp3) is 0.381. The van der Waals surface area contributed by atoms with E-state index in [2.05, 4.69) is 23.2 Å². The van der Waals surface area contributed by atoms with E-state index in [0.29, 0.717) is 17.9 Å². The molecule has 1 aliphatic rings. The van der Waals surface area contributed by atoms with Crippen LogP contribution >= 0.6 is 0 Å². The molecule has 25 heavy (non-hydrogen) atoms. The fourth-order valence-electron chi connectivity index (χ4n) is 3.14. The summed E-state index contributed by atoms with van der Waals surface area (Å²) in [4.78, 5) is 15.2. The first-order chi connectivity index (χ1) is 12.3. The van der Waals surface area contributed by atoms with Gasteiger partial charge in [-0.05, 0) is 56.1 Å². The largest absolute Gasteiger partial charge is 0.493 e. The molecule has 0 unspecified atom stereocenters. The molecule has 2 aromatic carbocycles. The Balaban J connectivity index is 1.75. The smallest absolute Gasteiger partial charge is 0.259 e. The first kappa shape index (κ1) is 17.5. The van der Waals surface area contributed by atoms with Gasteiger partial charge in [0.15, 0.2) is 0 Å². The summed E-state index contributed by atoms with van der Waals surface area (Å²) < 4.78 is 5.71. The molecule has 0 saturated carbocycles. The first-order valence-corrected chi connectivity index (χ1v) is 9.11. The number of rotatable bonds is 7. The van der Waals surface area contributed by atoms with Crippen LogP contribution in [0.15, 0.2) is 48.5 Å². The van der Waals surface area contributed by atoms with E-state index >= 15 is 0 Å². The first-order valence-electron chi connectivity index (χ1n) is 9.11. The molecule has 3 rings (SSSR count). The maximum atomic E-state index is 12.8. The van der Waals surface area contributed by atoms with Crippen LogP contribution in [0, 0.1) is 0 Å². The van der Waals surface area contributed by atoms with E-state index in [0.717, 1.165) is 37.3 Å². The second kappa shape index (κ2) is 8.67. The second-order valence-corrected chi connectivity index (χ2v) is 6.44. The highest BCUT2D eigenvalue weighted by atomic mass is 16.5. The van der Waals surface area contributed by atoms with Crippen molar-refractivity contribution in [1.82, 2.24) is 4.90 Å². The zero-order valence-electron chi connectivity index (χ0n) is 14.8. The molecule has 4 heteroatoms. The van der Waals surface area contributed by atoms with Crippen molar-refractivity contribution in [3.63, 3.8) is 0 Å². The van der Waals surface area contributed by atoms with Crippen LogP contribution in [0.2, 0.25) is 0 Å². The third kappa shape index (κ3) is 4.60. The van der Waals surface area contributed by atoms with Crippen molar-refractivity contribution in [2.24, 2.45) is 0 Å². The van der Waals surface area contributed by atoms with E-state index in [1.807, 2.05) is 42.5 Å². The van der Waals surface area contributed by atoms with Crippen LogP contribution in [0.3, 0.4) is 0 Å². The van der Waals surface area contributed by atoms with Crippen LogP contribution in [0.5, 0.6) is 5.75 Å². The number of carbonyl (C=O) groups is 1. The van der Waals surface area contributed by atoms with Crippen molar-refractivity contribution in [3.05, 3.63) is 59.7 Å². The van der Waals surface area contributed by atoms with Crippen LogP contribution in [-0.2, 0) is 6.54 Å². The monoisotopic (exact) mass is 338 g/mol. The number of nitrogens with zero attached hydrogens (tertiary/aromatic N) is 1. The molecule has 1 fully saturated rings. The molecule has 1 heterocycles. The van der Waals surface area contributed by atoms with Gasteiger partial charge in [0, 0.05) is 12.2 Å². The van der Waals surface area contributed by atoms with Crippen molar-refractivity contribution in [1.29, 1.82) is 0 Å². The minimum absolute atomic E-state index is 0.124. The number of para-hydroxylation sites is 2. The molecular formula is C21H26N2O2. The molecule has 4 nitrogen and oxygen atoms in total. The molecule has 0 aromatic heterocycles. The van der Waals surface area contributed by atoms with Gasteiger partial charge in [-0.1, -0.05) is 37.3 Å². The Morgan fingerprint density at radius 2 is 1.80 bits per heavy atom. The summed E-state index contributed by atoms with van der Waals surface area (Å²) in [6.45, 7) is 5.81. The van der Waals surface area contributed by atoms with Crippen LogP contribution in [0.25, 0.3) is 0 Å². The highest BCUT2D eigenvalue weighted by Gasteiger charge is 2.16. The van der Waals surface area contributed by atoms with Crippen molar-refractivity contribution < 1.29 is 9.53 Å². The number of hydrogen-bond donors (Lipinski definition) is 1. The van der Waals surface area contributed by atoms with Crippen LogP contribution < -0.4 is 10.1 Å². The molecule has 2 aromatic rings.